The molecule has 2 aliphatic rings. The van der Waals surface area contributed by atoms with E-state index in [-0.39, 0.29) is 0 Å². The van der Waals surface area contributed by atoms with Gasteiger partial charge in [-0.15, -0.1) is 0 Å². The number of nitriles is 1. The first-order valence-electron chi connectivity index (χ1n) is 14.9. The van der Waals surface area contributed by atoms with Gasteiger partial charge in [0.1, 0.15) is 18.2 Å². The highest BCUT2D eigenvalue weighted by molar-refractivity contribution is 6.14. The lowest BCUT2D eigenvalue weighted by Gasteiger charge is -2.38. The van der Waals surface area contributed by atoms with Crippen molar-refractivity contribution in [3.8, 4) is 28.5 Å². The number of hydrogen-bond donors (Lipinski definition) is 0. The van der Waals surface area contributed by atoms with Crippen LogP contribution in [0.1, 0.15) is 48.3 Å². The maximum Gasteiger partial charge on any atom is 0.216 e. The maximum atomic E-state index is 10.1. The first-order chi connectivity index (χ1) is 20.1. The molecule has 0 atom stereocenters. The monoisotopic (exact) mass is 542 g/mol. The normalized spacial score (nSPS) is 19.9. The molecule has 0 radical (unpaired) electrons. The number of morpholine rings is 1. The van der Waals surface area contributed by atoms with E-state index in [1.54, 1.807) is 0 Å². The Hall–Kier alpha value is -3.98. The van der Waals surface area contributed by atoms with Crippen LogP contribution in [-0.2, 0) is 11.8 Å². The molecule has 1 aliphatic heterocycles. The van der Waals surface area contributed by atoms with Crippen molar-refractivity contribution in [2.45, 2.75) is 44.6 Å². The van der Waals surface area contributed by atoms with Gasteiger partial charge in [0.2, 0.25) is 5.69 Å². The number of hydrogen-bond acceptors (Lipinski definition) is 4. The minimum absolute atomic E-state index is 0.593. The minimum Gasteiger partial charge on any atom is -0.454 e. The molecule has 0 bridgehead atoms. The summed E-state index contributed by atoms with van der Waals surface area (Å²) in [5.74, 6) is 0.593. The van der Waals surface area contributed by atoms with E-state index >= 15 is 0 Å². The highest BCUT2D eigenvalue weighted by Gasteiger charge is 2.28. The van der Waals surface area contributed by atoms with E-state index in [1.165, 1.54) is 31.2 Å². The lowest BCUT2D eigenvalue weighted by molar-refractivity contribution is -0.660. The fourth-order valence-electron chi connectivity index (χ4n) is 7.12. The summed E-state index contributed by atoms with van der Waals surface area (Å²) in [4.78, 5) is 2.63. The predicted octanol–water partition coefficient (Wildman–Crippen LogP) is 7.28. The zero-order valence-electron chi connectivity index (χ0n) is 23.9. The number of nitrogens with zero attached hydrogens (tertiary/aromatic N) is 3. The number of benzene rings is 3. The van der Waals surface area contributed by atoms with Crippen molar-refractivity contribution >= 4 is 21.9 Å². The topological polar surface area (TPSA) is 53.3 Å². The smallest absolute Gasteiger partial charge is 0.216 e. The standard InChI is InChI=1S/C36H36N3O2/c1-24-6-16-30-31-17-13-28(23-37)34(36(31)41-35(30)33(24)32-5-3-4-18-38(32)2)27-9-7-25(8-10-27)26-11-14-29(15-12-26)39-19-21-40-22-20-39/h3-10,13,16-18,26,29H,11-12,14-15,19-22H2,1-2H3/q+1. The van der Waals surface area contributed by atoms with Crippen LogP contribution in [-0.4, -0.2) is 37.2 Å². The van der Waals surface area contributed by atoms with E-state index in [4.69, 9.17) is 9.15 Å². The molecule has 7 rings (SSSR count). The second kappa shape index (κ2) is 10.8. The molecule has 5 aromatic rings. The van der Waals surface area contributed by atoms with Gasteiger partial charge < -0.3 is 9.15 Å². The number of pyridine rings is 1. The number of fused-ring (bicyclic) bond motifs is 3. The molecule has 206 valence electrons. The van der Waals surface area contributed by atoms with Crippen LogP contribution in [0.2, 0.25) is 0 Å². The van der Waals surface area contributed by atoms with Crippen LogP contribution in [0.3, 0.4) is 0 Å². The molecule has 0 N–H and O–H groups in total. The Labute approximate surface area is 241 Å². The molecule has 1 saturated heterocycles. The molecule has 0 spiro atoms. The van der Waals surface area contributed by atoms with Gasteiger partial charge in [-0.1, -0.05) is 36.4 Å². The molecule has 0 amide bonds. The van der Waals surface area contributed by atoms with Gasteiger partial charge in [-0.25, -0.2) is 4.57 Å². The fourth-order valence-corrected chi connectivity index (χ4v) is 7.12. The van der Waals surface area contributed by atoms with E-state index in [2.05, 4.69) is 84.2 Å². The molecule has 1 saturated carbocycles. The summed E-state index contributed by atoms with van der Waals surface area (Å²) in [7, 11) is 2.06. The summed E-state index contributed by atoms with van der Waals surface area (Å²) in [6.45, 7) is 6.02. The summed E-state index contributed by atoms with van der Waals surface area (Å²) in [6.07, 6.45) is 7.02. The summed E-state index contributed by atoms with van der Waals surface area (Å²) >= 11 is 0. The van der Waals surface area contributed by atoms with Gasteiger partial charge in [-0.05, 0) is 73.4 Å². The van der Waals surface area contributed by atoms with Crippen LogP contribution in [0.4, 0.5) is 0 Å². The predicted molar refractivity (Wildman–Crippen MR) is 163 cm³/mol. The molecule has 41 heavy (non-hydrogen) atoms. The van der Waals surface area contributed by atoms with Crippen molar-refractivity contribution < 1.29 is 13.7 Å². The Balaban J connectivity index is 1.25. The third kappa shape index (κ3) is 4.62. The average molecular weight is 543 g/mol. The van der Waals surface area contributed by atoms with E-state index in [0.29, 0.717) is 17.5 Å². The van der Waals surface area contributed by atoms with Gasteiger partial charge in [0.05, 0.1) is 30.4 Å². The Bertz CT molecular complexity index is 1770. The Morgan fingerprint density at radius 3 is 2.24 bits per heavy atom. The van der Waals surface area contributed by atoms with Gasteiger partial charge >= 0.3 is 0 Å². The molecule has 3 aromatic carbocycles. The van der Waals surface area contributed by atoms with E-state index in [9.17, 15) is 5.26 Å². The molecule has 2 fully saturated rings. The lowest BCUT2D eigenvalue weighted by Crippen LogP contribution is -2.44. The largest absolute Gasteiger partial charge is 0.454 e. The molecular formula is C36H36N3O2+. The van der Waals surface area contributed by atoms with Gasteiger partial charge in [0.15, 0.2) is 6.20 Å². The Morgan fingerprint density at radius 2 is 1.54 bits per heavy atom. The van der Waals surface area contributed by atoms with Crippen molar-refractivity contribution in [3.05, 3.63) is 89.6 Å². The SMILES string of the molecule is Cc1ccc2c(oc3c(-c4ccc(C5CCC(N6CCOCC6)CC5)cc4)c(C#N)ccc32)c1-c1cccc[n+]1C. The van der Waals surface area contributed by atoms with Crippen molar-refractivity contribution in [3.63, 3.8) is 0 Å². The number of aromatic nitrogens is 1. The van der Waals surface area contributed by atoms with E-state index in [1.807, 2.05) is 18.2 Å². The summed E-state index contributed by atoms with van der Waals surface area (Å²) < 4.78 is 14.4. The first kappa shape index (κ1) is 26.0. The van der Waals surface area contributed by atoms with Crippen molar-refractivity contribution in [1.82, 2.24) is 4.90 Å². The molecule has 0 unspecified atom stereocenters. The quantitative estimate of drug-likeness (QED) is 0.224. The summed E-state index contributed by atoms with van der Waals surface area (Å²) in [5, 5.41) is 12.2. The number of aryl methyl sites for hydroxylation is 2. The number of furan rings is 1. The summed E-state index contributed by atoms with van der Waals surface area (Å²) in [6, 6.07) is 26.6. The van der Waals surface area contributed by atoms with Crippen LogP contribution in [0.25, 0.3) is 44.3 Å². The van der Waals surface area contributed by atoms with Crippen molar-refractivity contribution in [2.24, 2.45) is 7.05 Å². The average Bonchev–Trinajstić information content (AvgIpc) is 3.40. The fraction of sp³-hybridized carbons (Fsp3) is 0.333. The molecule has 3 heterocycles. The number of ether oxygens (including phenoxy) is 1. The molecule has 2 aromatic heterocycles. The van der Waals surface area contributed by atoms with E-state index < -0.39 is 0 Å². The van der Waals surface area contributed by atoms with Crippen LogP contribution in [0.5, 0.6) is 0 Å². The van der Waals surface area contributed by atoms with Crippen LogP contribution >= 0.6 is 0 Å². The van der Waals surface area contributed by atoms with Crippen molar-refractivity contribution in [2.75, 3.05) is 26.3 Å². The van der Waals surface area contributed by atoms with Crippen LogP contribution < -0.4 is 4.57 Å². The zero-order valence-corrected chi connectivity index (χ0v) is 23.9. The third-order valence-electron chi connectivity index (χ3n) is 9.38. The highest BCUT2D eigenvalue weighted by Crippen LogP contribution is 2.42. The van der Waals surface area contributed by atoms with Gasteiger partial charge in [-0.3, -0.25) is 4.90 Å². The second-order valence-electron chi connectivity index (χ2n) is 11.7. The van der Waals surface area contributed by atoms with E-state index in [0.717, 1.165) is 76.2 Å². The number of rotatable bonds is 4. The van der Waals surface area contributed by atoms with Crippen molar-refractivity contribution in [1.29, 1.82) is 5.26 Å². The highest BCUT2D eigenvalue weighted by atomic mass is 16.5. The maximum absolute atomic E-state index is 10.1. The Morgan fingerprint density at radius 1 is 0.829 bits per heavy atom. The first-order valence-corrected chi connectivity index (χ1v) is 14.9. The molecule has 1 aliphatic carbocycles. The minimum atomic E-state index is 0.593. The van der Waals surface area contributed by atoms with Gasteiger partial charge in [0.25, 0.3) is 0 Å². The summed E-state index contributed by atoms with van der Waals surface area (Å²) in [5.41, 5.74) is 8.95. The Kier molecular flexibility index (Phi) is 6.82. The second-order valence-corrected chi connectivity index (χ2v) is 11.7. The zero-order chi connectivity index (χ0) is 27.9. The lowest BCUT2D eigenvalue weighted by atomic mass is 9.80. The van der Waals surface area contributed by atoms with Gasteiger partial charge in [-0.2, -0.15) is 5.26 Å². The molecular weight excluding hydrogens is 506 g/mol. The van der Waals surface area contributed by atoms with Crippen LogP contribution in [0.15, 0.2) is 77.3 Å². The third-order valence-corrected chi connectivity index (χ3v) is 9.38. The molecule has 5 heteroatoms. The molecule has 5 nitrogen and oxygen atoms in total. The van der Waals surface area contributed by atoms with Gasteiger partial charge in [0, 0.05) is 47.6 Å². The van der Waals surface area contributed by atoms with Crippen LogP contribution in [0, 0.1) is 18.3 Å².